The van der Waals surface area contributed by atoms with Gasteiger partial charge in [-0.05, 0) is 48.7 Å². The van der Waals surface area contributed by atoms with E-state index in [1.165, 1.54) is 17.3 Å². The Morgan fingerprint density at radius 3 is 2.45 bits per heavy atom. The van der Waals surface area contributed by atoms with Gasteiger partial charge in [-0.3, -0.25) is 9.36 Å². The van der Waals surface area contributed by atoms with Crippen LogP contribution in [0.1, 0.15) is 31.1 Å². The first-order chi connectivity index (χ1) is 15.0. The highest BCUT2D eigenvalue weighted by atomic mass is 32.2. The zero-order valence-corrected chi connectivity index (χ0v) is 18.5. The minimum absolute atomic E-state index is 0.0917. The molecule has 0 aliphatic rings. The summed E-state index contributed by atoms with van der Waals surface area (Å²) in [6, 6.07) is 19.7. The highest BCUT2D eigenvalue weighted by molar-refractivity contribution is 7.99. The lowest BCUT2D eigenvalue weighted by Gasteiger charge is -2.10. The standard InChI is InChI=1S/C24H24N4O2S/c1-16(2)18-9-11-19(12-10-18)25-22(29)15-31-24-27-26-23(21-13-14-30-17(21)3)28(24)20-7-5-4-6-8-20/h4-14,16H,15H2,1-3H3,(H,25,29). The summed E-state index contributed by atoms with van der Waals surface area (Å²) < 4.78 is 7.41. The van der Waals surface area contributed by atoms with Gasteiger partial charge < -0.3 is 9.73 Å². The summed E-state index contributed by atoms with van der Waals surface area (Å²) in [5.41, 5.74) is 3.83. The number of amides is 1. The Balaban J connectivity index is 1.52. The van der Waals surface area contributed by atoms with Crippen LogP contribution in [0.5, 0.6) is 0 Å². The molecule has 1 amide bonds. The molecule has 2 aromatic carbocycles. The molecule has 1 N–H and O–H groups in total. The van der Waals surface area contributed by atoms with Gasteiger partial charge in [0.1, 0.15) is 5.76 Å². The van der Waals surface area contributed by atoms with Crippen LogP contribution in [0.4, 0.5) is 5.69 Å². The number of carbonyl (C=O) groups excluding carboxylic acids is 1. The molecule has 2 aromatic heterocycles. The van der Waals surface area contributed by atoms with E-state index in [1.807, 2.05) is 72.2 Å². The zero-order valence-electron chi connectivity index (χ0n) is 17.7. The maximum atomic E-state index is 12.5. The summed E-state index contributed by atoms with van der Waals surface area (Å²) in [7, 11) is 0. The van der Waals surface area contributed by atoms with Crippen molar-refractivity contribution >= 4 is 23.4 Å². The van der Waals surface area contributed by atoms with Gasteiger partial charge in [0.25, 0.3) is 0 Å². The van der Waals surface area contributed by atoms with Crippen molar-refractivity contribution in [1.29, 1.82) is 0 Å². The lowest BCUT2D eigenvalue weighted by atomic mass is 10.0. The molecule has 4 rings (SSSR count). The Kier molecular flexibility index (Phi) is 6.23. The van der Waals surface area contributed by atoms with Crippen LogP contribution in [0.25, 0.3) is 17.1 Å². The summed E-state index contributed by atoms with van der Waals surface area (Å²) in [5, 5.41) is 12.3. The minimum atomic E-state index is -0.0917. The van der Waals surface area contributed by atoms with Crippen LogP contribution >= 0.6 is 11.8 Å². The Morgan fingerprint density at radius 2 is 1.81 bits per heavy atom. The molecule has 0 saturated heterocycles. The van der Waals surface area contributed by atoms with Crippen molar-refractivity contribution < 1.29 is 9.21 Å². The average molecular weight is 433 g/mol. The van der Waals surface area contributed by atoms with Gasteiger partial charge in [0.05, 0.1) is 17.6 Å². The monoisotopic (exact) mass is 432 g/mol. The molecular weight excluding hydrogens is 408 g/mol. The van der Waals surface area contributed by atoms with Crippen molar-refractivity contribution in [3.63, 3.8) is 0 Å². The first kappa shape index (κ1) is 20.9. The van der Waals surface area contributed by atoms with Crippen LogP contribution in [0.15, 0.2) is 76.5 Å². The van der Waals surface area contributed by atoms with Crippen LogP contribution in [-0.2, 0) is 4.79 Å². The number of carbonyl (C=O) groups is 1. The first-order valence-electron chi connectivity index (χ1n) is 10.1. The van der Waals surface area contributed by atoms with Crippen molar-refractivity contribution in [2.24, 2.45) is 0 Å². The third kappa shape index (κ3) is 4.72. The predicted molar refractivity (Wildman–Crippen MR) is 124 cm³/mol. The molecule has 0 saturated carbocycles. The van der Waals surface area contributed by atoms with Crippen LogP contribution in [0, 0.1) is 6.92 Å². The smallest absolute Gasteiger partial charge is 0.234 e. The van der Waals surface area contributed by atoms with Gasteiger partial charge >= 0.3 is 0 Å². The van der Waals surface area contributed by atoms with Crippen LogP contribution in [0.2, 0.25) is 0 Å². The quantitative estimate of drug-likeness (QED) is 0.380. The number of hydrogen-bond donors (Lipinski definition) is 1. The molecule has 0 atom stereocenters. The number of aryl methyl sites for hydroxylation is 1. The molecule has 0 fully saturated rings. The molecule has 2 heterocycles. The summed E-state index contributed by atoms with van der Waals surface area (Å²) >= 11 is 1.35. The molecule has 0 bridgehead atoms. The van der Waals surface area contributed by atoms with E-state index >= 15 is 0 Å². The van der Waals surface area contributed by atoms with Crippen LogP contribution < -0.4 is 5.32 Å². The number of nitrogens with zero attached hydrogens (tertiary/aromatic N) is 3. The Bertz CT molecular complexity index is 1160. The summed E-state index contributed by atoms with van der Waals surface area (Å²) in [6.45, 7) is 6.18. The zero-order chi connectivity index (χ0) is 21.8. The SMILES string of the molecule is Cc1occc1-c1nnc(SCC(=O)Nc2ccc(C(C)C)cc2)n1-c1ccccc1. The minimum Gasteiger partial charge on any atom is -0.469 e. The van der Waals surface area contributed by atoms with E-state index in [1.54, 1.807) is 6.26 Å². The molecule has 31 heavy (non-hydrogen) atoms. The third-order valence-electron chi connectivity index (χ3n) is 4.94. The van der Waals surface area contributed by atoms with Gasteiger partial charge in [-0.1, -0.05) is 55.9 Å². The molecule has 158 valence electrons. The van der Waals surface area contributed by atoms with Crippen LogP contribution in [0.3, 0.4) is 0 Å². The summed E-state index contributed by atoms with van der Waals surface area (Å²) in [5.74, 6) is 2.04. The number of nitrogens with one attached hydrogen (secondary N) is 1. The number of aromatic nitrogens is 3. The fourth-order valence-electron chi connectivity index (χ4n) is 3.24. The number of rotatable bonds is 7. The van der Waals surface area contributed by atoms with E-state index < -0.39 is 0 Å². The molecule has 0 unspecified atom stereocenters. The van der Waals surface area contributed by atoms with Gasteiger partial charge in [0.2, 0.25) is 5.91 Å². The topological polar surface area (TPSA) is 72.9 Å². The first-order valence-corrected chi connectivity index (χ1v) is 11.1. The van der Waals surface area contributed by atoms with Gasteiger partial charge in [0.15, 0.2) is 11.0 Å². The van der Waals surface area contributed by atoms with E-state index in [0.717, 1.165) is 22.7 Å². The van der Waals surface area contributed by atoms with Crippen molar-refractivity contribution in [3.8, 4) is 17.1 Å². The maximum absolute atomic E-state index is 12.5. The van der Waals surface area contributed by atoms with E-state index in [4.69, 9.17) is 4.42 Å². The lowest BCUT2D eigenvalue weighted by molar-refractivity contribution is -0.113. The van der Waals surface area contributed by atoms with Crippen LogP contribution in [-0.4, -0.2) is 26.4 Å². The van der Waals surface area contributed by atoms with Gasteiger partial charge in [-0.25, -0.2) is 0 Å². The van der Waals surface area contributed by atoms with Gasteiger partial charge in [0, 0.05) is 11.4 Å². The second-order valence-corrected chi connectivity index (χ2v) is 8.42. The second kappa shape index (κ2) is 9.22. The summed E-state index contributed by atoms with van der Waals surface area (Å²) in [4.78, 5) is 12.5. The van der Waals surface area contributed by atoms with Crippen molar-refractivity contribution in [2.45, 2.75) is 31.8 Å². The highest BCUT2D eigenvalue weighted by Gasteiger charge is 2.19. The Morgan fingerprint density at radius 1 is 1.06 bits per heavy atom. The number of furan rings is 1. The third-order valence-corrected chi connectivity index (χ3v) is 5.87. The molecule has 0 radical (unpaired) electrons. The normalized spacial score (nSPS) is 11.1. The van der Waals surface area contributed by atoms with E-state index in [-0.39, 0.29) is 11.7 Å². The number of hydrogen-bond acceptors (Lipinski definition) is 5. The molecule has 0 aliphatic heterocycles. The predicted octanol–water partition coefficient (Wildman–Crippen LogP) is 5.69. The largest absolute Gasteiger partial charge is 0.469 e. The van der Waals surface area contributed by atoms with Crippen molar-refractivity contribution in [1.82, 2.24) is 14.8 Å². The molecular formula is C24H24N4O2S. The fraction of sp³-hybridized carbons (Fsp3) is 0.208. The fourth-order valence-corrected chi connectivity index (χ4v) is 4.00. The lowest BCUT2D eigenvalue weighted by Crippen LogP contribution is -2.14. The molecule has 0 spiro atoms. The second-order valence-electron chi connectivity index (χ2n) is 7.48. The number of thioether (sulfide) groups is 1. The van der Waals surface area contributed by atoms with E-state index in [2.05, 4.69) is 29.4 Å². The summed E-state index contributed by atoms with van der Waals surface area (Å²) in [6.07, 6.45) is 1.64. The number of anilines is 1. The van der Waals surface area contributed by atoms with Crippen molar-refractivity contribution in [2.75, 3.05) is 11.1 Å². The van der Waals surface area contributed by atoms with Gasteiger partial charge in [-0.2, -0.15) is 0 Å². The molecule has 0 aliphatic carbocycles. The maximum Gasteiger partial charge on any atom is 0.234 e. The molecule has 6 nitrogen and oxygen atoms in total. The number of para-hydroxylation sites is 1. The highest BCUT2D eigenvalue weighted by Crippen LogP contribution is 2.30. The Hall–Kier alpha value is -3.32. The van der Waals surface area contributed by atoms with E-state index in [9.17, 15) is 4.79 Å². The average Bonchev–Trinajstić information content (AvgIpc) is 3.39. The molecule has 4 aromatic rings. The molecule has 7 heteroatoms. The van der Waals surface area contributed by atoms with Crippen molar-refractivity contribution in [3.05, 3.63) is 78.3 Å². The van der Waals surface area contributed by atoms with Gasteiger partial charge in [-0.15, -0.1) is 10.2 Å². The Labute approximate surface area is 185 Å². The van der Waals surface area contributed by atoms with E-state index in [0.29, 0.717) is 16.9 Å². The number of benzene rings is 2.